The number of unbranched alkanes of at least 4 members (excludes halogenated alkanes) is 3. The molecule has 7 heteroatoms. The number of carboxylic acid groups (broad SMARTS) is 1. The molecule has 1 aromatic carbocycles. The Balaban J connectivity index is 2.95. The van der Waals surface area contributed by atoms with Gasteiger partial charge in [-0.3, -0.25) is 8.98 Å². The Morgan fingerprint density at radius 2 is 1.86 bits per heavy atom. The van der Waals surface area contributed by atoms with E-state index in [9.17, 15) is 18.3 Å². The smallest absolute Gasteiger partial charge is 0.309 e. The lowest BCUT2D eigenvalue weighted by molar-refractivity contribution is -0.145. The Labute approximate surface area is 168 Å². The zero-order valence-corrected chi connectivity index (χ0v) is 17.6. The highest BCUT2D eigenvalue weighted by atomic mass is 32.2. The second-order valence-corrected chi connectivity index (χ2v) is 8.42. The Bertz CT molecular complexity index is 696. The Morgan fingerprint density at radius 1 is 1.18 bits per heavy atom. The summed E-state index contributed by atoms with van der Waals surface area (Å²) in [6, 6.07) is 6.29. The lowest BCUT2D eigenvalue weighted by atomic mass is 9.93. The maximum absolute atomic E-state index is 12.7. The van der Waals surface area contributed by atoms with Crippen molar-refractivity contribution in [3.63, 3.8) is 0 Å². The van der Waals surface area contributed by atoms with Crippen molar-refractivity contribution in [3.8, 4) is 0 Å². The molecule has 0 saturated carbocycles. The van der Waals surface area contributed by atoms with Crippen LogP contribution in [0.25, 0.3) is 0 Å². The molecule has 1 N–H and O–H groups in total. The molecule has 28 heavy (non-hydrogen) atoms. The minimum absolute atomic E-state index is 0.0187. The molecule has 1 rings (SSSR count). The molecule has 158 valence electrons. The van der Waals surface area contributed by atoms with Crippen molar-refractivity contribution in [3.05, 3.63) is 42.5 Å². The van der Waals surface area contributed by atoms with Crippen molar-refractivity contribution in [2.45, 2.75) is 63.4 Å². The second-order valence-electron chi connectivity index (χ2n) is 6.85. The molecule has 0 heterocycles. The number of aliphatic carboxylic acids is 1. The third kappa shape index (κ3) is 8.54. The molecule has 0 unspecified atom stereocenters. The summed E-state index contributed by atoms with van der Waals surface area (Å²) in [5.41, 5.74) is 0.924. The first-order valence-corrected chi connectivity index (χ1v) is 11.1. The molecule has 6 nitrogen and oxygen atoms in total. The molecular weight excluding hydrogens is 380 g/mol. The monoisotopic (exact) mass is 412 g/mol. The highest BCUT2D eigenvalue weighted by molar-refractivity contribution is 7.86. The summed E-state index contributed by atoms with van der Waals surface area (Å²) >= 11 is 0. The average Bonchev–Trinajstić information content (AvgIpc) is 2.64. The number of rotatable bonds is 15. The van der Waals surface area contributed by atoms with E-state index >= 15 is 0 Å². The summed E-state index contributed by atoms with van der Waals surface area (Å²) in [4.78, 5) is 11.8. The van der Waals surface area contributed by atoms with Crippen molar-refractivity contribution in [2.24, 2.45) is 5.92 Å². The molecule has 0 radical (unpaired) electrons. The van der Waals surface area contributed by atoms with Gasteiger partial charge >= 0.3 is 5.97 Å². The number of hydrogen-bond donors (Lipinski definition) is 1. The predicted octanol–water partition coefficient (Wildman–Crippen LogP) is 4.33. The van der Waals surface area contributed by atoms with E-state index in [1.54, 1.807) is 18.2 Å². The third-order valence-electron chi connectivity index (χ3n) is 4.48. The van der Waals surface area contributed by atoms with Crippen molar-refractivity contribution in [1.29, 1.82) is 0 Å². The van der Waals surface area contributed by atoms with Gasteiger partial charge < -0.3 is 9.84 Å². The van der Waals surface area contributed by atoms with Crippen LogP contribution in [0, 0.1) is 12.8 Å². The first-order valence-electron chi connectivity index (χ1n) is 9.73. The minimum Gasteiger partial charge on any atom is -0.481 e. The van der Waals surface area contributed by atoms with Gasteiger partial charge in [0.25, 0.3) is 10.1 Å². The maximum atomic E-state index is 12.7. The highest BCUT2D eigenvalue weighted by Gasteiger charge is 2.33. The van der Waals surface area contributed by atoms with E-state index in [1.807, 2.05) is 6.92 Å². The zero-order valence-electron chi connectivity index (χ0n) is 16.8. The molecule has 1 aromatic rings. The van der Waals surface area contributed by atoms with E-state index in [2.05, 4.69) is 13.5 Å². The van der Waals surface area contributed by atoms with E-state index < -0.39 is 28.1 Å². The van der Waals surface area contributed by atoms with Gasteiger partial charge in [-0.2, -0.15) is 8.42 Å². The van der Waals surface area contributed by atoms with E-state index in [-0.39, 0.29) is 17.9 Å². The fourth-order valence-corrected chi connectivity index (χ4v) is 4.00. The normalized spacial score (nSPS) is 13.8. The summed E-state index contributed by atoms with van der Waals surface area (Å²) in [6.07, 6.45) is 4.80. The van der Waals surface area contributed by atoms with Gasteiger partial charge in [-0.1, -0.05) is 56.4 Å². The van der Waals surface area contributed by atoms with Gasteiger partial charge in [0.2, 0.25) is 0 Å². The summed E-state index contributed by atoms with van der Waals surface area (Å²) in [7, 11) is -4.07. The number of ether oxygens (including phenoxy) is 1. The largest absolute Gasteiger partial charge is 0.481 e. The lowest BCUT2D eigenvalue weighted by Gasteiger charge is -2.24. The van der Waals surface area contributed by atoms with Gasteiger partial charge in [0.15, 0.2) is 0 Å². The molecule has 0 bridgehead atoms. The van der Waals surface area contributed by atoms with Crippen LogP contribution in [0.1, 0.15) is 51.0 Å². The number of hydrogen-bond acceptors (Lipinski definition) is 5. The molecule has 0 aliphatic rings. The van der Waals surface area contributed by atoms with Crippen LogP contribution in [-0.2, 0) is 23.8 Å². The molecule has 0 aliphatic heterocycles. The summed E-state index contributed by atoms with van der Waals surface area (Å²) in [5, 5.41) is 9.67. The SMILES string of the molecule is C=CCOCC[C@@H](OS(=O)(=O)c1ccc(C)cc1)[C@H](CCCCCC)C(=O)O. The van der Waals surface area contributed by atoms with Crippen LogP contribution in [0.2, 0.25) is 0 Å². The van der Waals surface area contributed by atoms with E-state index in [0.29, 0.717) is 19.4 Å². The van der Waals surface area contributed by atoms with Crippen LogP contribution in [0.3, 0.4) is 0 Å². The maximum Gasteiger partial charge on any atom is 0.309 e. The van der Waals surface area contributed by atoms with Crippen LogP contribution < -0.4 is 0 Å². The van der Waals surface area contributed by atoms with Gasteiger partial charge in [-0.25, -0.2) is 0 Å². The summed E-state index contributed by atoms with van der Waals surface area (Å²) < 4.78 is 36.1. The van der Waals surface area contributed by atoms with Gasteiger partial charge in [0, 0.05) is 6.61 Å². The van der Waals surface area contributed by atoms with Crippen molar-refractivity contribution < 1.29 is 27.2 Å². The zero-order chi connectivity index (χ0) is 21.0. The van der Waals surface area contributed by atoms with Gasteiger partial charge in [0.1, 0.15) is 0 Å². The predicted molar refractivity (Wildman–Crippen MR) is 109 cm³/mol. The summed E-state index contributed by atoms with van der Waals surface area (Å²) in [6.45, 7) is 7.99. The van der Waals surface area contributed by atoms with Crippen LogP contribution >= 0.6 is 0 Å². The number of benzene rings is 1. The molecule has 2 atom stereocenters. The molecule has 0 spiro atoms. The highest BCUT2D eigenvalue weighted by Crippen LogP contribution is 2.25. The molecular formula is C21H32O6S. The van der Waals surface area contributed by atoms with Gasteiger partial charge in [0.05, 0.1) is 23.5 Å². The summed E-state index contributed by atoms with van der Waals surface area (Å²) in [5.74, 6) is -1.96. The third-order valence-corrected chi connectivity index (χ3v) is 5.83. The topological polar surface area (TPSA) is 89.9 Å². The second kappa shape index (κ2) is 12.7. The molecule has 0 fully saturated rings. The average molecular weight is 413 g/mol. The first kappa shape index (κ1) is 24.3. The van der Waals surface area contributed by atoms with Crippen molar-refractivity contribution in [2.75, 3.05) is 13.2 Å². The molecule has 0 aliphatic carbocycles. The van der Waals surface area contributed by atoms with Crippen LogP contribution in [0.15, 0.2) is 41.8 Å². The van der Waals surface area contributed by atoms with E-state index in [1.165, 1.54) is 12.1 Å². The Hall–Kier alpha value is -1.70. The quantitative estimate of drug-likeness (QED) is 0.262. The fourth-order valence-electron chi connectivity index (χ4n) is 2.87. The van der Waals surface area contributed by atoms with Crippen molar-refractivity contribution >= 4 is 16.1 Å². The minimum atomic E-state index is -4.07. The van der Waals surface area contributed by atoms with Crippen LogP contribution in [0.5, 0.6) is 0 Å². The molecule has 0 amide bonds. The van der Waals surface area contributed by atoms with Gasteiger partial charge in [-0.05, 0) is 31.9 Å². The number of carboxylic acids is 1. The van der Waals surface area contributed by atoms with Crippen molar-refractivity contribution in [1.82, 2.24) is 0 Å². The fraction of sp³-hybridized carbons (Fsp3) is 0.571. The lowest BCUT2D eigenvalue weighted by Crippen LogP contribution is -2.34. The first-order chi connectivity index (χ1) is 13.3. The Morgan fingerprint density at radius 3 is 2.43 bits per heavy atom. The van der Waals surface area contributed by atoms with Crippen LogP contribution in [-0.4, -0.2) is 38.8 Å². The van der Waals surface area contributed by atoms with E-state index in [0.717, 1.165) is 24.8 Å². The van der Waals surface area contributed by atoms with E-state index in [4.69, 9.17) is 8.92 Å². The molecule has 0 saturated heterocycles. The number of carbonyl (C=O) groups is 1. The standard InChI is InChI=1S/C21H32O6S/c1-4-6-7-8-9-19(21(22)23)20(14-16-26-15-5-2)27-28(24,25)18-12-10-17(3)11-13-18/h5,10-13,19-20H,2,4,6-9,14-16H2,1,3H3,(H,22,23)/t19-,20+/m0/s1. The van der Waals surface area contributed by atoms with Gasteiger partial charge in [-0.15, -0.1) is 6.58 Å². The Kier molecular flexibility index (Phi) is 11.0. The van der Waals surface area contributed by atoms with Crippen LogP contribution in [0.4, 0.5) is 0 Å². The number of aryl methyl sites for hydroxylation is 1. The molecule has 0 aromatic heterocycles.